The first-order valence-electron chi connectivity index (χ1n) is 15.2. The van der Waals surface area contributed by atoms with Gasteiger partial charge in [0.1, 0.15) is 0 Å². The van der Waals surface area contributed by atoms with Crippen LogP contribution in [0.25, 0.3) is 0 Å². The van der Waals surface area contributed by atoms with E-state index in [0.29, 0.717) is 25.7 Å². The van der Waals surface area contributed by atoms with Gasteiger partial charge >= 0.3 is 21.5 Å². The van der Waals surface area contributed by atoms with Crippen molar-refractivity contribution in [3.63, 3.8) is 0 Å². The summed E-state index contributed by atoms with van der Waals surface area (Å²) in [6.07, 6.45) is 4.08. The molecule has 0 saturated heterocycles. The Morgan fingerprint density at radius 3 is 2.38 bits per heavy atom. The minimum absolute atomic E-state index is 0.00778. The first-order valence-corrected chi connectivity index (χ1v) is 16.7. The van der Waals surface area contributed by atoms with Gasteiger partial charge in [0.05, 0.1) is 24.9 Å². The fourth-order valence-corrected chi connectivity index (χ4v) is 9.95. The van der Waals surface area contributed by atoms with Gasteiger partial charge in [0.25, 0.3) is 0 Å². The second-order valence-electron chi connectivity index (χ2n) is 13.8. The van der Waals surface area contributed by atoms with Crippen LogP contribution < -0.4 is 4.72 Å². The molecule has 42 heavy (non-hydrogen) atoms. The Morgan fingerprint density at radius 1 is 1.02 bits per heavy atom. The number of alkyl halides is 3. The molecule has 11 atom stereocenters. The summed E-state index contributed by atoms with van der Waals surface area (Å²) in [5, 5.41) is 33.3. The highest BCUT2D eigenvalue weighted by atomic mass is 32.2. The van der Waals surface area contributed by atoms with E-state index < -0.39 is 51.5 Å². The van der Waals surface area contributed by atoms with Crippen molar-refractivity contribution in [2.75, 3.05) is 6.61 Å². The van der Waals surface area contributed by atoms with Gasteiger partial charge in [-0.2, -0.15) is 21.6 Å². The van der Waals surface area contributed by atoms with Crippen LogP contribution in [0.1, 0.15) is 91.4 Å². The standard InChI is InChI=1S/C29H46F3NO8S/c1-16(6-9-25(38)41-12-4-5-24(37)33-42(39,40)29(30,31)32)19-7-8-20-26-21(15-23(36)28(19,20)3)27(2)11-10-18(34)13-17(27)14-22(26)35/h16-23,26,34-36H,4-15H2,1-3H3,(H,33,37)/t16-,17+,18?,19-,20+,21+,22?,23?,26+,27+,28-/m1/s1. The van der Waals surface area contributed by atoms with Crippen molar-refractivity contribution in [2.24, 2.45) is 46.3 Å². The molecule has 4 aliphatic carbocycles. The van der Waals surface area contributed by atoms with Crippen LogP contribution in [0.2, 0.25) is 0 Å². The minimum atomic E-state index is -5.76. The monoisotopic (exact) mass is 625 g/mol. The van der Waals surface area contributed by atoms with Crippen LogP contribution in [0.15, 0.2) is 0 Å². The number of sulfonamides is 1. The molecular weight excluding hydrogens is 579 g/mol. The summed E-state index contributed by atoms with van der Waals surface area (Å²) in [6.45, 7) is 6.26. The molecule has 0 heterocycles. The predicted octanol–water partition coefficient (Wildman–Crippen LogP) is 3.65. The van der Waals surface area contributed by atoms with Gasteiger partial charge in [0.2, 0.25) is 5.91 Å². The Balaban J connectivity index is 1.28. The van der Waals surface area contributed by atoms with Crippen LogP contribution in [0.5, 0.6) is 0 Å². The molecule has 0 radical (unpaired) electrons. The molecular formula is C29H46F3NO8S. The second kappa shape index (κ2) is 12.2. The largest absolute Gasteiger partial charge is 0.516 e. The molecule has 0 bridgehead atoms. The van der Waals surface area contributed by atoms with Gasteiger partial charge < -0.3 is 20.1 Å². The number of hydrogen-bond donors (Lipinski definition) is 4. The maximum atomic E-state index is 12.4. The molecule has 0 aromatic rings. The number of hydrogen-bond acceptors (Lipinski definition) is 8. The van der Waals surface area contributed by atoms with E-state index in [-0.39, 0.29) is 66.5 Å². The number of aliphatic hydroxyl groups excluding tert-OH is 3. The lowest BCUT2D eigenvalue weighted by atomic mass is 9.43. The molecule has 0 aromatic carbocycles. The van der Waals surface area contributed by atoms with E-state index in [2.05, 4.69) is 20.8 Å². The number of rotatable bonds is 9. The molecule has 9 nitrogen and oxygen atoms in total. The number of amides is 1. The van der Waals surface area contributed by atoms with Gasteiger partial charge in [0.15, 0.2) is 0 Å². The van der Waals surface area contributed by atoms with Crippen molar-refractivity contribution in [3.8, 4) is 0 Å². The fourth-order valence-electron chi connectivity index (χ4n) is 9.43. The number of fused-ring (bicyclic) bond motifs is 5. The first-order chi connectivity index (χ1) is 19.4. The highest BCUT2D eigenvalue weighted by Gasteiger charge is 2.65. The summed E-state index contributed by atoms with van der Waals surface area (Å²) in [4.78, 5) is 23.9. The Labute approximate surface area is 246 Å². The van der Waals surface area contributed by atoms with Gasteiger partial charge in [-0.05, 0) is 104 Å². The molecule has 4 fully saturated rings. The summed E-state index contributed by atoms with van der Waals surface area (Å²) in [5.74, 6) is -0.899. The van der Waals surface area contributed by atoms with Gasteiger partial charge in [0, 0.05) is 12.8 Å². The molecule has 4 N–H and O–H groups in total. The second-order valence-corrected chi connectivity index (χ2v) is 15.5. The lowest BCUT2D eigenvalue weighted by molar-refractivity contribution is -0.207. The molecule has 1 amide bonds. The molecule has 3 unspecified atom stereocenters. The lowest BCUT2D eigenvalue weighted by Gasteiger charge is -2.63. The van der Waals surface area contributed by atoms with E-state index in [1.54, 1.807) is 0 Å². The Morgan fingerprint density at radius 2 is 1.71 bits per heavy atom. The van der Waals surface area contributed by atoms with Crippen LogP contribution >= 0.6 is 0 Å². The number of aliphatic hydroxyl groups is 3. The summed E-state index contributed by atoms with van der Waals surface area (Å²) in [7, 11) is -5.76. The number of carbonyl (C=O) groups excluding carboxylic acids is 2. The lowest BCUT2D eigenvalue weighted by Crippen LogP contribution is -2.62. The van der Waals surface area contributed by atoms with Crippen LogP contribution in [-0.4, -0.2) is 66.0 Å². The van der Waals surface area contributed by atoms with Gasteiger partial charge in [-0.25, -0.2) is 4.72 Å². The molecule has 0 aromatic heterocycles. The van der Waals surface area contributed by atoms with Crippen molar-refractivity contribution in [1.29, 1.82) is 0 Å². The smallest absolute Gasteiger partial charge is 0.466 e. The highest BCUT2D eigenvalue weighted by Crippen LogP contribution is 2.68. The van der Waals surface area contributed by atoms with Crippen LogP contribution in [-0.2, 0) is 24.3 Å². The van der Waals surface area contributed by atoms with Crippen LogP contribution in [0, 0.1) is 46.3 Å². The Kier molecular flexibility index (Phi) is 9.68. The van der Waals surface area contributed by atoms with E-state index in [9.17, 15) is 46.5 Å². The number of nitrogens with one attached hydrogen (secondary N) is 1. The highest BCUT2D eigenvalue weighted by molar-refractivity contribution is 7.90. The molecule has 13 heteroatoms. The van der Waals surface area contributed by atoms with E-state index >= 15 is 0 Å². The number of esters is 1. The number of carbonyl (C=O) groups is 2. The van der Waals surface area contributed by atoms with Crippen LogP contribution in [0.3, 0.4) is 0 Å². The SMILES string of the molecule is C[C@H](CCC(=O)OCCCC(=O)NS(=O)(=O)C(F)(F)F)[C@H]1CC[C@H]2[C@@H]3C(O)C[C@@H]4CC(O)CC[C@]4(C)[C@H]3CC(O)[C@]12C. The van der Waals surface area contributed by atoms with Crippen LogP contribution in [0.4, 0.5) is 13.2 Å². The third-order valence-corrected chi connectivity index (χ3v) is 12.8. The van der Waals surface area contributed by atoms with E-state index in [1.165, 1.54) is 0 Å². The predicted molar refractivity (Wildman–Crippen MR) is 146 cm³/mol. The first kappa shape index (κ1) is 33.5. The summed E-state index contributed by atoms with van der Waals surface area (Å²) >= 11 is 0. The fraction of sp³-hybridized carbons (Fsp3) is 0.931. The Hall–Kier alpha value is -1.44. The zero-order chi connectivity index (χ0) is 31.3. The Bertz CT molecular complexity index is 1120. The minimum Gasteiger partial charge on any atom is -0.466 e. The van der Waals surface area contributed by atoms with Crippen molar-refractivity contribution in [3.05, 3.63) is 0 Å². The molecule has 0 spiro atoms. The van der Waals surface area contributed by atoms with Gasteiger partial charge in [-0.1, -0.05) is 20.8 Å². The summed E-state index contributed by atoms with van der Waals surface area (Å²) < 4.78 is 65.1. The normalized spacial score (nSPS) is 40.8. The molecule has 4 aliphatic rings. The molecule has 4 saturated carbocycles. The summed E-state index contributed by atoms with van der Waals surface area (Å²) in [5.41, 5.74) is -5.99. The molecule has 4 rings (SSSR count). The number of ether oxygens (including phenoxy) is 1. The van der Waals surface area contributed by atoms with E-state index in [0.717, 1.165) is 30.4 Å². The average molecular weight is 626 g/mol. The topological polar surface area (TPSA) is 150 Å². The summed E-state index contributed by atoms with van der Waals surface area (Å²) in [6, 6.07) is 0. The zero-order valence-corrected chi connectivity index (χ0v) is 25.4. The zero-order valence-electron chi connectivity index (χ0n) is 24.6. The van der Waals surface area contributed by atoms with Crippen molar-refractivity contribution in [2.45, 2.75) is 115 Å². The van der Waals surface area contributed by atoms with Gasteiger partial charge in [-0.3, -0.25) is 9.59 Å². The average Bonchev–Trinajstić information content (AvgIpc) is 3.24. The van der Waals surface area contributed by atoms with E-state index in [4.69, 9.17) is 4.74 Å². The molecule has 0 aliphatic heterocycles. The number of halogens is 3. The molecule has 242 valence electrons. The van der Waals surface area contributed by atoms with Gasteiger partial charge in [-0.15, -0.1) is 0 Å². The third-order valence-electron chi connectivity index (χ3n) is 11.7. The van der Waals surface area contributed by atoms with Crippen molar-refractivity contribution >= 4 is 21.9 Å². The maximum Gasteiger partial charge on any atom is 0.516 e. The van der Waals surface area contributed by atoms with Crippen molar-refractivity contribution in [1.82, 2.24) is 4.72 Å². The maximum absolute atomic E-state index is 12.4. The van der Waals surface area contributed by atoms with E-state index in [1.807, 2.05) is 0 Å². The van der Waals surface area contributed by atoms with Crippen molar-refractivity contribution < 1.29 is 51.2 Å². The quantitative estimate of drug-likeness (QED) is 0.224. The third kappa shape index (κ3) is 6.21.